The average Bonchev–Trinajstić information content (AvgIpc) is 1.72. The highest BCUT2D eigenvalue weighted by Crippen LogP contribution is 2.09. The van der Waals surface area contributed by atoms with Crippen LogP contribution in [0.5, 0.6) is 0 Å². The molecule has 2 rings (SSSR count). The van der Waals surface area contributed by atoms with E-state index in [0.29, 0.717) is 0 Å². The Balaban J connectivity index is 2.31. The van der Waals surface area contributed by atoms with Gasteiger partial charge in [-0.3, -0.25) is 4.99 Å². The minimum absolute atomic E-state index is 0.733. The summed E-state index contributed by atoms with van der Waals surface area (Å²) >= 11 is 0. The van der Waals surface area contributed by atoms with Crippen molar-refractivity contribution in [3.8, 4) is 0 Å². The van der Waals surface area contributed by atoms with Gasteiger partial charge in [0.1, 0.15) is 6.61 Å². The fraction of sp³-hybridized carbons (Fsp3) is 0.400. The van der Waals surface area contributed by atoms with Crippen molar-refractivity contribution in [3.05, 3.63) is 12.0 Å². The lowest BCUT2D eigenvalue weighted by Gasteiger charge is -2.23. The molecule has 3 nitrogen and oxygen atoms in total. The van der Waals surface area contributed by atoms with Crippen molar-refractivity contribution in [3.63, 3.8) is 0 Å². The second-order valence-electron chi connectivity index (χ2n) is 1.73. The van der Waals surface area contributed by atoms with Gasteiger partial charge in [0.05, 0.1) is 6.54 Å². The third kappa shape index (κ3) is 0.358. The minimum Gasteiger partial charge on any atom is -0.486 e. The van der Waals surface area contributed by atoms with Crippen LogP contribution in [0.4, 0.5) is 0 Å². The van der Waals surface area contributed by atoms with Gasteiger partial charge in [0.2, 0.25) is 0 Å². The maximum Gasteiger partial charge on any atom is 0.177 e. The zero-order valence-corrected chi connectivity index (χ0v) is 4.35. The van der Waals surface area contributed by atoms with Gasteiger partial charge in [-0.1, -0.05) is 0 Å². The van der Waals surface area contributed by atoms with Crippen LogP contribution in [0.15, 0.2) is 17.0 Å². The molecule has 0 amide bonds. The molecule has 0 aromatic rings. The lowest BCUT2D eigenvalue weighted by Crippen LogP contribution is -2.35. The second-order valence-corrected chi connectivity index (χ2v) is 1.73. The van der Waals surface area contributed by atoms with E-state index in [2.05, 4.69) is 10.3 Å². The van der Waals surface area contributed by atoms with Crippen molar-refractivity contribution in [1.29, 1.82) is 0 Å². The van der Waals surface area contributed by atoms with E-state index in [1.165, 1.54) is 0 Å². The first kappa shape index (κ1) is 3.95. The summed E-state index contributed by atoms with van der Waals surface area (Å²) in [4.78, 5) is 4.11. The Morgan fingerprint density at radius 2 is 2.75 bits per heavy atom. The molecule has 3 heteroatoms. The summed E-state index contributed by atoms with van der Waals surface area (Å²) in [5.41, 5.74) is 0. The number of ether oxygens (including phenoxy) is 1. The summed E-state index contributed by atoms with van der Waals surface area (Å²) in [5, 5.41) is 2.91. The van der Waals surface area contributed by atoms with Gasteiger partial charge in [-0.15, -0.1) is 0 Å². The minimum atomic E-state index is 0.733. The molecule has 1 N–H and O–H groups in total. The topological polar surface area (TPSA) is 33.6 Å². The SMILES string of the molecule is C1=C2OCCN=C2N1. The Hall–Kier alpha value is -0.990. The number of hydrogen-bond donors (Lipinski definition) is 1. The van der Waals surface area contributed by atoms with Gasteiger partial charge < -0.3 is 10.1 Å². The molecular weight excluding hydrogens is 104 g/mol. The van der Waals surface area contributed by atoms with Crippen molar-refractivity contribution in [2.75, 3.05) is 13.2 Å². The Morgan fingerprint density at radius 1 is 1.75 bits per heavy atom. The number of nitrogens with one attached hydrogen (secondary N) is 1. The first-order valence-corrected chi connectivity index (χ1v) is 2.61. The van der Waals surface area contributed by atoms with Crippen molar-refractivity contribution < 1.29 is 4.74 Å². The quantitative estimate of drug-likeness (QED) is 0.471. The van der Waals surface area contributed by atoms with E-state index in [0.717, 1.165) is 24.7 Å². The molecular formula is C5H6N2O. The van der Waals surface area contributed by atoms with Crippen LogP contribution in [0.2, 0.25) is 0 Å². The van der Waals surface area contributed by atoms with Crippen molar-refractivity contribution in [1.82, 2.24) is 5.32 Å². The molecule has 0 fully saturated rings. The average molecular weight is 110 g/mol. The number of amidine groups is 1. The van der Waals surface area contributed by atoms with E-state index in [4.69, 9.17) is 4.74 Å². The van der Waals surface area contributed by atoms with Crippen molar-refractivity contribution in [2.24, 2.45) is 4.99 Å². The molecule has 0 atom stereocenters. The Morgan fingerprint density at radius 3 is 3.12 bits per heavy atom. The molecule has 2 aliphatic heterocycles. The highest BCUT2D eigenvalue weighted by atomic mass is 16.5. The van der Waals surface area contributed by atoms with Crippen LogP contribution >= 0.6 is 0 Å². The first-order valence-electron chi connectivity index (χ1n) is 2.61. The molecule has 0 spiro atoms. The van der Waals surface area contributed by atoms with E-state index in [9.17, 15) is 0 Å². The predicted octanol–water partition coefficient (Wildman–Crippen LogP) is -0.140. The molecule has 0 aromatic carbocycles. The number of hydrogen-bond acceptors (Lipinski definition) is 3. The largest absolute Gasteiger partial charge is 0.486 e. The summed E-state index contributed by atoms with van der Waals surface area (Å²) < 4.78 is 5.14. The molecule has 0 radical (unpaired) electrons. The monoisotopic (exact) mass is 110 g/mol. The van der Waals surface area contributed by atoms with E-state index >= 15 is 0 Å². The standard InChI is InChI=1S/C5H6N2O/c1-2-8-4-3-7-5(4)6-1/h3H,1-2H2,(H,6,7). The van der Waals surface area contributed by atoms with E-state index in [-0.39, 0.29) is 0 Å². The maximum absolute atomic E-state index is 5.14. The second kappa shape index (κ2) is 1.24. The fourth-order valence-corrected chi connectivity index (χ4v) is 0.742. The zero-order chi connectivity index (χ0) is 5.40. The number of aliphatic imine (C=N–C) groups is 1. The van der Waals surface area contributed by atoms with Crippen LogP contribution in [0.1, 0.15) is 0 Å². The van der Waals surface area contributed by atoms with E-state index < -0.39 is 0 Å². The van der Waals surface area contributed by atoms with Crippen LogP contribution < -0.4 is 5.32 Å². The normalized spacial score (nSPS) is 23.0. The summed E-state index contributed by atoms with van der Waals surface area (Å²) in [5.74, 6) is 1.83. The number of nitrogens with zero attached hydrogens (tertiary/aromatic N) is 1. The Bertz CT molecular complexity index is 171. The summed E-state index contributed by atoms with van der Waals surface area (Å²) in [7, 11) is 0. The van der Waals surface area contributed by atoms with Gasteiger partial charge in [0, 0.05) is 6.20 Å². The van der Waals surface area contributed by atoms with Crippen molar-refractivity contribution in [2.45, 2.75) is 0 Å². The summed E-state index contributed by atoms with van der Waals surface area (Å²) in [6.07, 6.45) is 1.82. The lowest BCUT2D eigenvalue weighted by molar-refractivity contribution is 0.222. The van der Waals surface area contributed by atoms with Gasteiger partial charge in [-0.05, 0) is 0 Å². The molecule has 2 aliphatic rings. The van der Waals surface area contributed by atoms with Gasteiger partial charge in [-0.25, -0.2) is 0 Å². The van der Waals surface area contributed by atoms with Crippen LogP contribution in [0.3, 0.4) is 0 Å². The van der Waals surface area contributed by atoms with Crippen LogP contribution in [-0.2, 0) is 4.74 Å². The molecule has 0 aliphatic carbocycles. The lowest BCUT2D eigenvalue weighted by atomic mass is 10.3. The highest BCUT2D eigenvalue weighted by Gasteiger charge is 2.18. The molecule has 8 heavy (non-hydrogen) atoms. The van der Waals surface area contributed by atoms with Gasteiger partial charge in [0.25, 0.3) is 0 Å². The zero-order valence-electron chi connectivity index (χ0n) is 4.35. The number of fused-ring (bicyclic) bond motifs is 1. The Kier molecular flexibility index (Phi) is 0.614. The molecule has 0 unspecified atom stereocenters. The van der Waals surface area contributed by atoms with Crippen LogP contribution in [0.25, 0.3) is 0 Å². The van der Waals surface area contributed by atoms with Gasteiger partial charge in [-0.2, -0.15) is 0 Å². The molecule has 0 saturated carbocycles. The molecule has 42 valence electrons. The predicted molar refractivity (Wildman–Crippen MR) is 29.5 cm³/mol. The molecule has 0 bridgehead atoms. The van der Waals surface area contributed by atoms with Crippen molar-refractivity contribution >= 4 is 5.84 Å². The Labute approximate surface area is 47.1 Å². The smallest absolute Gasteiger partial charge is 0.177 e. The van der Waals surface area contributed by atoms with Crippen LogP contribution in [0, 0.1) is 0 Å². The summed E-state index contributed by atoms with van der Waals surface area (Å²) in [6, 6.07) is 0. The first-order chi connectivity index (χ1) is 3.97. The van der Waals surface area contributed by atoms with Crippen LogP contribution in [-0.4, -0.2) is 19.0 Å². The molecule has 2 heterocycles. The van der Waals surface area contributed by atoms with Gasteiger partial charge >= 0.3 is 0 Å². The fourth-order valence-electron chi connectivity index (χ4n) is 0.742. The molecule has 0 aromatic heterocycles. The molecule has 0 saturated heterocycles. The van der Waals surface area contributed by atoms with E-state index in [1.54, 1.807) is 0 Å². The third-order valence-corrected chi connectivity index (χ3v) is 1.19. The van der Waals surface area contributed by atoms with Gasteiger partial charge in [0.15, 0.2) is 11.6 Å². The highest BCUT2D eigenvalue weighted by molar-refractivity contribution is 6.02. The number of rotatable bonds is 0. The maximum atomic E-state index is 5.14. The van der Waals surface area contributed by atoms with E-state index in [1.807, 2.05) is 6.20 Å². The summed E-state index contributed by atoms with van der Waals surface area (Å²) in [6.45, 7) is 1.52. The third-order valence-electron chi connectivity index (χ3n) is 1.19.